The summed E-state index contributed by atoms with van der Waals surface area (Å²) in [4.78, 5) is 0. The van der Waals surface area contributed by atoms with Gasteiger partial charge in [0.1, 0.15) is 0 Å². The van der Waals surface area contributed by atoms with Gasteiger partial charge in [0, 0.05) is 6.61 Å². The Labute approximate surface area is 122 Å². The van der Waals surface area contributed by atoms with Crippen molar-refractivity contribution >= 4 is 0 Å². The van der Waals surface area contributed by atoms with E-state index in [9.17, 15) is 0 Å². The molecule has 2 fully saturated rings. The first-order valence-corrected chi connectivity index (χ1v) is 8.34. The summed E-state index contributed by atoms with van der Waals surface area (Å²) in [6.45, 7) is 4.13. The molecule has 0 aromatic heterocycles. The minimum absolute atomic E-state index is 0.352. The molecule has 1 aromatic rings. The van der Waals surface area contributed by atoms with Crippen molar-refractivity contribution in [3.8, 4) is 0 Å². The molecule has 110 valence electrons. The predicted molar refractivity (Wildman–Crippen MR) is 83.0 cm³/mol. The van der Waals surface area contributed by atoms with Crippen LogP contribution < -0.4 is 5.32 Å². The van der Waals surface area contributed by atoms with E-state index >= 15 is 0 Å². The molecule has 0 spiro atoms. The van der Waals surface area contributed by atoms with Crippen molar-refractivity contribution in [1.82, 2.24) is 5.32 Å². The zero-order chi connectivity index (χ0) is 13.8. The lowest BCUT2D eigenvalue weighted by Gasteiger charge is -2.35. The Hall–Kier alpha value is -0.860. The van der Waals surface area contributed by atoms with Crippen molar-refractivity contribution < 1.29 is 4.74 Å². The average molecular weight is 273 g/mol. The standard InChI is InChI=1S/C18H27NO/c1-2-19-18(17-12-5-6-13-20-17)16-11-4-3-10-15(16)14-8-7-9-14/h3-4,10-11,14,17-19H,2,5-9,12-13H2,1H3. The second kappa shape index (κ2) is 6.73. The molecule has 1 saturated carbocycles. The maximum Gasteiger partial charge on any atom is 0.0769 e. The summed E-state index contributed by atoms with van der Waals surface area (Å²) in [5, 5.41) is 3.69. The van der Waals surface area contributed by atoms with E-state index in [-0.39, 0.29) is 0 Å². The fourth-order valence-corrected chi connectivity index (χ4v) is 3.58. The Bertz CT molecular complexity index is 421. The summed E-state index contributed by atoms with van der Waals surface area (Å²) < 4.78 is 6.07. The van der Waals surface area contributed by atoms with Gasteiger partial charge in [-0.25, -0.2) is 0 Å². The molecule has 2 heteroatoms. The Morgan fingerprint density at radius 1 is 1.15 bits per heavy atom. The largest absolute Gasteiger partial charge is 0.376 e. The van der Waals surface area contributed by atoms with Gasteiger partial charge < -0.3 is 10.1 Å². The number of benzene rings is 1. The summed E-state index contributed by atoms with van der Waals surface area (Å²) in [6.07, 6.45) is 8.19. The molecular formula is C18H27NO. The van der Waals surface area contributed by atoms with Crippen molar-refractivity contribution in [2.24, 2.45) is 0 Å². The van der Waals surface area contributed by atoms with Crippen LogP contribution in [-0.4, -0.2) is 19.3 Å². The van der Waals surface area contributed by atoms with Crippen LogP contribution in [0.4, 0.5) is 0 Å². The van der Waals surface area contributed by atoms with E-state index in [4.69, 9.17) is 4.74 Å². The first-order chi connectivity index (χ1) is 9.90. The van der Waals surface area contributed by atoms with Crippen LogP contribution in [0.25, 0.3) is 0 Å². The Morgan fingerprint density at radius 3 is 2.65 bits per heavy atom. The molecule has 1 aliphatic heterocycles. The Morgan fingerprint density at radius 2 is 2.00 bits per heavy atom. The highest BCUT2D eigenvalue weighted by molar-refractivity contribution is 5.35. The number of likely N-dealkylation sites (N-methyl/N-ethyl adjacent to an activating group) is 1. The maximum atomic E-state index is 6.07. The van der Waals surface area contributed by atoms with E-state index in [1.807, 2.05) is 0 Å². The first kappa shape index (κ1) is 14.1. The average Bonchev–Trinajstić information content (AvgIpc) is 2.45. The zero-order valence-electron chi connectivity index (χ0n) is 12.6. The summed E-state index contributed by atoms with van der Waals surface area (Å²) >= 11 is 0. The van der Waals surface area contributed by atoms with Crippen LogP contribution in [0.2, 0.25) is 0 Å². The van der Waals surface area contributed by atoms with E-state index in [2.05, 4.69) is 36.5 Å². The summed E-state index contributed by atoms with van der Waals surface area (Å²) in [6, 6.07) is 9.41. The van der Waals surface area contributed by atoms with Gasteiger partial charge >= 0.3 is 0 Å². The van der Waals surface area contributed by atoms with Crippen LogP contribution in [-0.2, 0) is 4.74 Å². The topological polar surface area (TPSA) is 21.3 Å². The third kappa shape index (κ3) is 2.91. The molecule has 2 aliphatic rings. The highest BCUT2D eigenvalue weighted by Gasteiger charge is 2.30. The molecule has 1 N–H and O–H groups in total. The van der Waals surface area contributed by atoms with E-state index < -0.39 is 0 Å². The third-order valence-corrected chi connectivity index (χ3v) is 4.89. The van der Waals surface area contributed by atoms with Crippen molar-refractivity contribution in [2.45, 2.75) is 63.5 Å². The van der Waals surface area contributed by atoms with E-state index in [1.165, 1.54) is 44.1 Å². The van der Waals surface area contributed by atoms with Crippen molar-refractivity contribution in [3.05, 3.63) is 35.4 Å². The molecule has 2 unspecified atom stereocenters. The smallest absolute Gasteiger partial charge is 0.0769 e. The number of nitrogens with one attached hydrogen (secondary N) is 1. The SMILES string of the molecule is CCNC(c1ccccc1C1CCC1)C1CCCCO1. The lowest BCUT2D eigenvalue weighted by atomic mass is 9.76. The highest BCUT2D eigenvalue weighted by Crippen LogP contribution is 2.40. The van der Waals surface area contributed by atoms with Gasteiger partial charge in [0.2, 0.25) is 0 Å². The molecule has 1 saturated heterocycles. The molecular weight excluding hydrogens is 246 g/mol. The van der Waals surface area contributed by atoms with Crippen LogP contribution in [0.15, 0.2) is 24.3 Å². The molecule has 0 amide bonds. The number of hydrogen-bond donors (Lipinski definition) is 1. The summed E-state index contributed by atoms with van der Waals surface area (Å²) in [5.41, 5.74) is 3.06. The lowest BCUT2D eigenvalue weighted by molar-refractivity contribution is -0.00817. The van der Waals surface area contributed by atoms with Gasteiger partial charge in [0.25, 0.3) is 0 Å². The Balaban J connectivity index is 1.85. The number of hydrogen-bond acceptors (Lipinski definition) is 2. The predicted octanol–water partition coefficient (Wildman–Crippen LogP) is 4.17. The van der Waals surface area contributed by atoms with Crippen LogP contribution in [0.3, 0.4) is 0 Å². The van der Waals surface area contributed by atoms with Gasteiger partial charge in [-0.2, -0.15) is 0 Å². The van der Waals surface area contributed by atoms with Crippen molar-refractivity contribution in [3.63, 3.8) is 0 Å². The summed E-state index contributed by atoms with van der Waals surface area (Å²) in [5.74, 6) is 0.788. The van der Waals surface area contributed by atoms with Crippen LogP contribution in [0.5, 0.6) is 0 Å². The molecule has 0 radical (unpaired) electrons. The van der Waals surface area contributed by atoms with E-state index in [0.29, 0.717) is 12.1 Å². The molecule has 1 aliphatic carbocycles. The number of ether oxygens (including phenoxy) is 1. The highest BCUT2D eigenvalue weighted by atomic mass is 16.5. The molecule has 1 aromatic carbocycles. The second-order valence-corrected chi connectivity index (χ2v) is 6.20. The second-order valence-electron chi connectivity index (χ2n) is 6.20. The van der Waals surface area contributed by atoms with Gasteiger partial charge in [-0.15, -0.1) is 0 Å². The molecule has 3 rings (SSSR count). The Kier molecular flexibility index (Phi) is 4.74. The quantitative estimate of drug-likeness (QED) is 0.869. The third-order valence-electron chi connectivity index (χ3n) is 4.89. The minimum atomic E-state index is 0.352. The van der Waals surface area contributed by atoms with Crippen molar-refractivity contribution in [1.29, 1.82) is 0 Å². The maximum absolute atomic E-state index is 6.07. The number of rotatable bonds is 5. The molecule has 20 heavy (non-hydrogen) atoms. The van der Waals surface area contributed by atoms with Crippen LogP contribution in [0, 0.1) is 0 Å². The fourth-order valence-electron chi connectivity index (χ4n) is 3.58. The first-order valence-electron chi connectivity index (χ1n) is 8.34. The van der Waals surface area contributed by atoms with Gasteiger partial charge in [-0.05, 0) is 55.7 Å². The molecule has 0 bridgehead atoms. The fraction of sp³-hybridized carbons (Fsp3) is 0.667. The van der Waals surface area contributed by atoms with E-state index in [1.54, 1.807) is 5.56 Å². The van der Waals surface area contributed by atoms with Crippen LogP contribution in [0.1, 0.15) is 68.5 Å². The monoisotopic (exact) mass is 273 g/mol. The summed E-state index contributed by atoms with van der Waals surface area (Å²) in [7, 11) is 0. The van der Waals surface area contributed by atoms with Crippen molar-refractivity contribution in [2.75, 3.05) is 13.2 Å². The lowest BCUT2D eigenvalue weighted by Crippen LogP contribution is -2.37. The minimum Gasteiger partial charge on any atom is -0.376 e. The van der Waals surface area contributed by atoms with Crippen LogP contribution >= 0.6 is 0 Å². The van der Waals surface area contributed by atoms with E-state index in [0.717, 1.165) is 19.1 Å². The van der Waals surface area contributed by atoms with Gasteiger partial charge in [-0.1, -0.05) is 37.6 Å². The zero-order valence-corrected chi connectivity index (χ0v) is 12.6. The molecule has 2 atom stereocenters. The van der Waals surface area contributed by atoms with Gasteiger partial charge in [-0.3, -0.25) is 0 Å². The van der Waals surface area contributed by atoms with Gasteiger partial charge in [0.05, 0.1) is 12.1 Å². The van der Waals surface area contributed by atoms with Gasteiger partial charge in [0.15, 0.2) is 0 Å². The molecule has 1 heterocycles. The normalized spacial score (nSPS) is 25.1. The molecule has 2 nitrogen and oxygen atoms in total.